The van der Waals surface area contributed by atoms with Gasteiger partial charge in [-0.3, -0.25) is 0 Å². The molecule has 1 aliphatic heterocycles. The fourth-order valence-corrected chi connectivity index (χ4v) is 3.73. The highest BCUT2D eigenvalue weighted by Gasteiger charge is 2.47. The molecule has 0 aromatic heterocycles. The van der Waals surface area contributed by atoms with Crippen LogP contribution in [0.5, 0.6) is 0 Å². The summed E-state index contributed by atoms with van der Waals surface area (Å²) >= 11 is 12.1. The Hall–Kier alpha value is -0.240. The van der Waals surface area contributed by atoms with E-state index >= 15 is 0 Å². The van der Waals surface area contributed by atoms with Gasteiger partial charge >= 0.3 is 0 Å². The third-order valence-electron chi connectivity index (χ3n) is 4.28. The van der Waals surface area contributed by atoms with Crippen LogP contribution in [0, 0.1) is 5.92 Å². The topological polar surface area (TPSA) is 12.0 Å². The second-order valence-electron chi connectivity index (χ2n) is 5.01. The van der Waals surface area contributed by atoms with Crippen LogP contribution in [-0.2, 0) is 5.41 Å². The zero-order valence-electron chi connectivity index (χ0n) is 9.10. The zero-order valence-corrected chi connectivity index (χ0v) is 10.6. The molecule has 0 radical (unpaired) electrons. The van der Waals surface area contributed by atoms with Crippen LogP contribution in [0.25, 0.3) is 0 Å². The molecule has 2 aliphatic rings. The van der Waals surface area contributed by atoms with Crippen molar-refractivity contribution in [1.29, 1.82) is 0 Å². The normalized spacial score (nSPS) is 33.0. The van der Waals surface area contributed by atoms with E-state index in [-0.39, 0.29) is 0 Å². The molecule has 1 aromatic carbocycles. The Morgan fingerprint density at radius 1 is 1.25 bits per heavy atom. The highest BCUT2D eigenvalue weighted by molar-refractivity contribution is 6.42. The molecule has 1 nitrogen and oxygen atoms in total. The molecule has 1 unspecified atom stereocenters. The van der Waals surface area contributed by atoms with Crippen molar-refractivity contribution in [3.63, 3.8) is 0 Å². The predicted molar refractivity (Wildman–Crippen MR) is 68.4 cm³/mol. The summed E-state index contributed by atoms with van der Waals surface area (Å²) < 4.78 is 0. The molecule has 0 spiro atoms. The van der Waals surface area contributed by atoms with Crippen molar-refractivity contribution >= 4 is 23.2 Å². The lowest BCUT2D eigenvalue weighted by Crippen LogP contribution is -2.30. The van der Waals surface area contributed by atoms with Crippen LogP contribution >= 0.6 is 23.2 Å². The van der Waals surface area contributed by atoms with Crippen molar-refractivity contribution in [1.82, 2.24) is 5.32 Å². The van der Waals surface area contributed by atoms with E-state index in [1.165, 1.54) is 24.8 Å². The summed E-state index contributed by atoms with van der Waals surface area (Å²) in [5.74, 6) is 0.782. The Labute approximate surface area is 106 Å². The van der Waals surface area contributed by atoms with Crippen molar-refractivity contribution < 1.29 is 0 Å². The molecule has 0 amide bonds. The first-order valence-corrected chi connectivity index (χ1v) is 6.64. The average Bonchev–Trinajstić information content (AvgIpc) is 2.81. The molecule has 1 heterocycles. The minimum absolute atomic E-state index is 0.328. The second-order valence-corrected chi connectivity index (χ2v) is 5.82. The molecule has 1 saturated carbocycles. The number of nitrogens with one attached hydrogen (secondary N) is 1. The maximum absolute atomic E-state index is 6.13. The molecule has 3 rings (SSSR count). The third kappa shape index (κ3) is 1.49. The lowest BCUT2D eigenvalue weighted by atomic mass is 9.75. The maximum atomic E-state index is 6.13. The number of halogens is 2. The molecule has 2 atom stereocenters. The van der Waals surface area contributed by atoms with Gasteiger partial charge < -0.3 is 5.32 Å². The molecule has 1 N–H and O–H groups in total. The zero-order chi connectivity index (χ0) is 11.2. The number of hydrogen-bond donors (Lipinski definition) is 1. The van der Waals surface area contributed by atoms with Crippen molar-refractivity contribution in [2.75, 3.05) is 13.1 Å². The fourth-order valence-electron chi connectivity index (χ4n) is 3.43. The van der Waals surface area contributed by atoms with Crippen LogP contribution in [0.15, 0.2) is 18.2 Å². The van der Waals surface area contributed by atoms with E-state index in [2.05, 4.69) is 17.4 Å². The van der Waals surface area contributed by atoms with Crippen molar-refractivity contribution in [2.24, 2.45) is 5.92 Å². The van der Waals surface area contributed by atoms with Gasteiger partial charge in [0.25, 0.3) is 0 Å². The lowest BCUT2D eigenvalue weighted by Gasteiger charge is -2.29. The van der Waals surface area contributed by atoms with Crippen LogP contribution in [0.3, 0.4) is 0 Å². The summed E-state index contributed by atoms with van der Waals surface area (Å²) in [6.45, 7) is 2.25. The van der Waals surface area contributed by atoms with Crippen LogP contribution in [0.1, 0.15) is 24.8 Å². The van der Waals surface area contributed by atoms with Crippen molar-refractivity contribution in [3.05, 3.63) is 33.8 Å². The molecule has 0 bridgehead atoms. The number of rotatable bonds is 1. The van der Waals surface area contributed by atoms with Gasteiger partial charge in [-0.05, 0) is 43.0 Å². The van der Waals surface area contributed by atoms with Crippen LogP contribution < -0.4 is 5.32 Å². The van der Waals surface area contributed by atoms with E-state index in [0.29, 0.717) is 15.5 Å². The molecule has 86 valence electrons. The SMILES string of the molecule is Clc1ccc([C@@]23CCCC2CNC3)cc1Cl. The third-order valence-corrected chi connectivity index (χ3v) is 5.02. The quantitative estimate of drug-likeness (QED) is 0.809. The maximum Gasteiger partial charge on any atom is 0.0595 e. The Balaban J connectivity index is 2.04. The summed E-state index contributed by atoms with van der Waals surface area (Å²) in [5.41, 5.74) is 1.70. The van der Waals surface area contributed by atoms with Gasteiger partial charge in [0.1, 0.15) is 0 Å². The summed E-state index contributed by atoms with van der Waals surface area (Å²) in [7, 11) is 0. The molecule has 1 saturated heterocycles. The van der Waals surface area contributed by atoms with Crippen LogP contribution in [0.4, 0.5) is 0 Å². The van der Waals surface area contributed by atoms with Crippen LogP contribution in [-0.4, -0.2) is 13.1 Å². The first kappa shape index (κ1) is 10.9. The summed E-state index contributed by atoms with van der Waals surface area (Å²) in [4.78, 5) is 0. The minimum atomic E-state index is 0.328. The highest BCUT2D eigenvalue weighted by atomic mass is 35.5. The van der Waals surface area contributed by atoms with Gasteiger partial charge in [0.15, 0.2) is 0 Å². The average molecular weight is 256 g/mol. The number of fused-ring (bicyclic) bond motifs is 1. The standard InChI is InChI=1S/C13H15Cl2N/c14-11-4-3-9(6-12(11)15)13-5-1-2-10(13)7-16-8-13/h3-4,6,10,16H,1-2,5,7-8H2/t10?,13-/m0/s1. The summed E-state index contributed by atoms with van der Waals surface area (Å²) in [6.07, 6.45) is 3.96. The van der Waals surface area contributed by atoms with Crippen LogP contribution in [0.2, 0.25) is 10.0 Å². The number of hydrogen-bond acceptors (Lipinski definition) is 1. The van der Waals surface area contributed by atoms with Gasteiger partial charge in [-0.2, -0.15) is 0 Å². The first-order valence-electron chi connectivity index (χ1n) is 5.89. The monoisotopic (exact) mass is 255 g/mol. The van der Waals surface area contributed by atoms with E-state index in [1.54, 1.807) is 0 Å². The van der Waals surface area contributed by atoms with Gasteiger partial charge in [-0.1, -0.05) is 35.7 Å². The largest absolute Gasteiger partial charge is 0.316 e. The molecular formula is C13H15Cl2N. The smallest absolute Gasteiger partial charge is 0.0595 e. The molecule has 2 fully saturated rings. The number of benzene rings is 1. The van der Waals surface area contributed by atoms with E-state index in [0.717, 1.165) is 19.0 Å². The Kier molecular flexibility index (Phi) is 2.66. The Morgan fingerprint density at radius 2 is 2.12 bits per heavy atom. The van der Waals surface area contributed by atoms with Crippen molar-refractivity contribution in [3.8, 4) is 0 Å². The fraction of sp³-hybridized carbons (Fsp3) is 0.538. The van der Waals surface area contributed by atoms with E-state index in [9.17, 15) is 0 Å². The Morgan fingerprint density at radius 3 is 2.94 bits per heavy atom. The Bertz CT molecular complexity index is 406. The summed E-state index contributed by atoms with van der Waals surface area (Å²) in [5, 5.41) is 4.86. The van der Waals surface area contributed by atoms with Gasteiger partial charge in [-0.25, -0.2) is 0 Å². The lowest BCUT2D eigenvalue weighted by molar-refractivity contribution is 0.402. The predicted octanol–water partition coefficient (Wildman–Crippen LogP) is 3.63. The molecule has 16 heavy (non-hydrogen) atoms. The van der Waals surface area contributed by atoms with Gasteiger partial charge in [0, 0.05) is 12.0 Å². The molecule has 1 aliphatic carbocycles. The van der Waals surface area contributed by atoms with E-state index in [1.807, 2.05) is 6.07 Å². The van der Waals surface area contributed by atoms with E-state index < -0.39 is 0 Å². The summed E-state index contributed by atoms with van der Waals surface area (Å²) in [6, 6.07) is 6.15. The van der Waals surface area contributed by atoms with Gasteiger partial charge in [0.2, 0.25) is 0 Å². The molecule has 3 heteroatoms. The molecule has 1 aromatic rings. The van der Waals surface area contributed by atoms with Crippen molar-refractivity contribution in [2.45, 2.75) is 24.7 Å². The highest BCUT2D eigenvalue weighted by Crippen LogP contribution is 2.48. The van der Waals surface area contributed by atoms with Gasteiger partial charge in [0.05, 0.1) is 10.0 Å². The first-order chi connectivity index (χ1) is 7.72. The molecular weight excluding hydrogens is 241 g/mol. The van der Waals surface area contributed by atoms with E-state index in [4.69, 9.17) is 23.2 Å². The van der Waals surface area contributed by atoms with Gasteiger partial charge in [-0.15, -0.1) is 0 Å². The minimum Gasteiger partial charge on any atom is -0.316 e. The second kappa shape index (κ2) is 3.90.